The van der Waals surface area contributed by atoms with E-state index in [0.29, 0.717) is 38.4 Å². The first-order chi connectivity index (χ1) is 12.5. The van der Waals surface area contributed by atoms with E-state index < -0.39 is 0 Å². The fourth-order valence-electron chi connectivity index (χ4n) is 2.89. The summed E-state index contributed by atoms with van der Waals surface area (Å²) in [6.07, 6.45) is 9.00. The molecule has 0 spiro atoms. The topological polar surface area (TPSA) is 75.0 Å². The van der Waals surface area contributed by atoms with Crippen LogP contribution in [0, 0.1) is 19.3 Å². The van der Waals surface area contributed by atoms with Gasteiger partial charge in [0, 0.05) is 58.0 Å². The Kier molecular flexibility index (Phi) is 7.54. The fraction of sp³-hybridized carbons (Fsp3) is 0.579. The lowest BCUT2D eigenvalue weighted by molar-refractivity contribution is 0.0744. The van der Waals surface area contributed by atoms with Gasteiger partial charge in [-0.2, -0.15) is 0 Å². The maximum atomic E-state index is 12.0. The largest absolute Gasteiger partial charge is 0.503 e. The molecule has 2 rings (SSSR count). The van der Waals surface area contributed by atoms with Crippen molar-refractivity contribution in [3.63, 3.8) is 0 Å². The third-order valence-electron chi connectivity index (χ3n) is 4.64. The van der Waals surface area contributed by atoms with E-state index >= 15 is 0 Å². The second-order valence-corrected chi connectivity index (χ2v) is 6.41. The lowest BCUT2D eigenvalue weighted by Gasteiger charge is -2.34. The Morgan fingerprint density at radius 1 is 1.27 bits per heavy atom. The molecule has 7 nitrogen and oxygen atoms in total. The van der Waals surface area contributed by atoms with Crippen LogP contribution in [-0.2, 0) is 11.3 Å². The van der Waals surface area contributed by atoms with E-state index in [1.54, 1.807) is 18.0 Å². The average molecular weight is 361 g/mol. The molecule has 1 aromatic rings. The molecule has 26 heavy (non-hydrogen) atoms. The Labute approximate surface area is 154 Å². The van der Waals surface area contributed by atoms with E-state index in [1.807, 2.05) is 4.57 Å². The molecule has 0 radical (unpaired) electrons. The summed E-state index contributed by atoms with van der Waals surface area (Å²) in [7, 11) is 0. The summed E-state index contributed by atoms with van der Waals surface area (Å²) in [5, 5.41) is 9.72. The molecule has 2 heterocycles. The van der Waals surface area contributed by atoms with Gasteiger partial charge in [-0.05, 0) is 19.8 Å². The number of nitrogens with zero attached hydrogens (tertiary/aromatic N) is 3. The third kappa shape index (κ3) is 5.53. The number of unbranched alkanes of at least 4 members (excludes halogenated alkanes) is 2. The van der Waals surface area contributed by atoms with E-state index in [1.165, 1.54) is 6.07 Å². The van der Waals surface area contributed by atoms with Gasteiger partial charge >= 0.3 is 6.09 Å². The molecule has 1 fully saturated rings. The lowest BCUT2D eigenvalue weighted by atomic mass is 10.2. The van der Waals surface area contributed by atoms with Crippen molar-refractivity contribution in [1.29, 1.82) is 0 Å². The highest BCUT2D eigenvalue weighted by molar-refractivity contribution is 5.67. The van der Waals surface area contributed by atoms with Crippen LogP contribution in [0.4, 0.5) is 4.79 Å². The SMILES string of the molecule is C#CCCCCOC(=O)N1CCN(CCn2ccc(=O)c(O)c2C)CC1. The number of carbonyl (C=O) groups excluding carboxylic acids is 1. The summed E-state index contributed by atoms with van der Waals surface area (Å²) in [5.41, 5.74) is 0.217. The second kappa shape index (κ2) is 9.88. The van der Waals surface area contributed by atoms with Gasteiger partial charge in [-0.3, -0.25) is 9.69 Å². The quantitative estimate of drug-likeness (QED) is 0.587. The minimum absolute atomic E-state index is 0.192. The van der Waals surface area contributed by atoms with Crippen LogP contribution in [0.15, 0.2) is 17.1 Å². The highest BCUT2D eigenvalue weighted by Crippen LogP contribution is 2.10. The molecule has 1 amide bonds. The highest BCUT2D eigenvalue weighted by atomic mass is 16.6. The highest BCUT2D eigenvalue weighted by Gasteiger charge is 2.21. The molecule has 0 unspecified atom stereocenters. The predicted octanol–water partition coefficient (Wildman–Crippen LogP) is 1.42. The van der Waals surface area contributed by atoms with Gasteiger partial charge in [0.25, 0.3) is 0 Å². The van der Waals surface area contributed by atoms with Crippen LogP contribution < -0.4 is 5.43 Å². The maximum Gasteiger partial charge on any atom is 0.409 e. The number of amides is 1. The number of pyridine rings is 1. The summed E-state index contributed by atoms with van der Waals surface area (Å²) >= 11 is 0. The zero-order valence-electron chi connectivity index (χ0n) is 15.3. The average Bonchev–Trinajstić information content (AvgIpc) is 2.65. The van der Waals surface area contributed by atoms with Crippen molar-refractivity contribution in [2.24, 2.45) is 0 Å². The minimum Gasteiger partial charge on any atom is -0.503 e. The summed E-state index contributed by atoms with van der Waals surface area (Å²) < 4.78 is 7.14. The Morgan fingerprint density at radius 3 is 2.69 bits per heavy atom. The first kappa shape index (κ1) is 19.9. The van der Waals surface area contributed by atoms with E-state index in [0.717, 1.165) is 32.5 Å². The summed E-state index contributed by atoms with van der Waals surface area (Å²) in [5.74, 6) is 2.38. The van der Waals surface area contributed by atoms with Crippen molar-refractivity contribution in [2.75, 3.05) is 39.3 Å². The van der Waals surface area contributed by atoms with Crippen LogP contribution in [0.5, 0.6) is 5.75 Å². The summed E-state index contributed by atoms with van der Waals surface area (Å²) in [6, 6.07) is 1.37. The molecule has 1 aliphatic heterocycles. The molecule has 0 atom stereocenters. The van der Waals surface area contributed by atoms with Crippen LogP contribution >= 0.6 is 0 Å². The zero-order chi connectivity index (χ0) is 18.9. The molecule has 1 aliphatic rings. The number of carbonyl (C=O) groups is 1. The molecule has 142 valence electrons. The van der Waals surface area contributed by atoms with Gasteiger partial charge in [-0.15, -0.1) is 12.3 Å². The number of terminal acetylenes is 1. The number of ether oxygens (including phenoxy) is 1. The first-order valence-corrected chi connectivity index (χ1v) is 8.99. The van der Waals surface area contributed by atoms with Crippen molar-refractivity contribution < 1.29 is 14.6 Å². The predicted molar refractivity (Wildman–Crippen MR) is 99.1 cm³/mol. The van der Waals surface area contributed by atoms with Gasteiger partial charge in [0.2, 0.25) is 5.43 Å². The second-order valence-electron chi connectivity index (χ2n) is 6.41. The monoisotopic (exact) mass is 361 g/mol. The molecule has 7 heteroatoms. The number of hydrogen-bond donors (Lipinski definition) is 1. The van der Waals surface area contributed by atoms with Crippen LogP contribution in [0.3, 0.4) is 0 Å². The van der Waals surface area contributed by atoms with Gasteiger partial charge in [0.05, 0.1) is 12.3 Å². The molecule has 0 aliphatic carbocycles. The number of piperazine rings is 1. The molecule has 0 saturated carbocycles. The smallest absolute Gasteiger partial charge is 0.409 e. The number of hydrogen-bond acceptors (Lipinski definition) is 5. The molecular formula is C19H27N3O4. The minimum atomic E-state index is -0.356. The number of rotatable bonds is 7. The van der Waals surface area contributed by atoms with Gasteiger partial charge in [-0.1, -0.05) is 0 Å². The molecule has 0 bridgehead atoms. The Morgan fingerprint density at radius 2 is 2.00 bits per heavy atom. The molecule has 1 N–H and O–H groups in total. The van der Waals surface area contributed by atoms with Crippen LogP contribution in [0.1, 0.15) is 25.0 Å². The van der Waals surface area contributed by atoms with Crippen LogP contribution in [0.2, 0.25) is 0 Å². The Balaban J connectivity index is 1.70. The first-order valence-electron chi connectivity index (χ1n) is 8.99. The van der Waals surface area contributed by atoms with Gasteiger partial charge < -0.3 is 19.3 Å². The maximum absolute atomic E-state index is 12.0. The van der Waals surface area contributed by atoms with Crippen molar-refractivity contribution in [2.45, 2.75) is 32.7 Å². The molecule has 1 saturated heterocycles. The van der Waals surface area contributed by atoms with Gasteiger partial charge in [0.15, 0.2) is 5.75 Å². The number of aromatic nitrogens is 1. The van der Waals surface area contributed by atoms with Crippen LogP contribution in [-0.4, -0.2) is 64.9 Å². The van der Waals surface area contributed by atoms with Crippen molar-refractivity contribution in [1.82, 2.24) is 14.4 Å². The molecule has 1 aromatic heterocycles. The molecule has 0 aromatic carbocycles. The van der Waals surface area contributed by atoms with Gasteiger partial charge in [0.1, 0.15) is 0 Å². The Hall–Kier alpha value is -2.46. The van der Waals surface area contributed by atoms with E-state index in [9.17, 15) is 14.7 Å². The fourth-order valence-corrected chi connectivity index (χ4v) is 2.89. The number of aromatic hydroxyl groups is 1. The summed E-state index contributed by atoms with van der Waals surface area (Å²) in [6.45, 7) is 6.44. The van der Waals surface area contributed by atoms with Gasteiger partial charge in [-0.25, -0.2) is 4.79 Å². The van der Waals surface area contributed by atoms with Crippen molar-refractivity contribution >= 4 is 6.09 Å². The standard InChI is InChI=1S/C19H27N3O4/c1-3-4-5-6-15-26-19(25)22-13-10-20(11-14-22)9-12-21-8-7-17(23)18(24)16(21)2/h1,7-8,24H,4-6,9-15H2,2H3. The zero-order valence-corrected chi connectivity index (χ0v) is 15.3. The third-order valence-corrected chi connectivity index (χ3v) is 4.64. The molecular weight excluding hydrogens is 334 g/mol. The van der Waals surface area contributed by atoms with E-state index in [4.69, 9.17) is 11.2 Å². The normalized spacial score (nSPS) is 14.8. The van der Waals surface area contributed by atoms with E-state index in [-0.39, 0.29) is 17.3 Å². The lowest BCUT2D eigenvalue weighted by Crippen LogP contribution is -2.49. The Bertz CT molecular complexity index is 700. The van der Waals surface area contributed by atoms with Crippen molar-refractivity contribution in [3.8, 4) is 18.1 Å². The summed E-state index contributed by atoms with van der Waals surface area (Å²) in [4.78, 5) is 27.4. The van der Waals surface area contributed by atoms with E-state index in [2.05, 4.69) is 10.8 Å². The van der Waals surface area contributed by atoms with Crippen molar-refractivity contribution in [3.05, 3.63) is 28.2 Å². The van der Waals surface area contributed by atoms with Crippen LogP contribution in [0.25, 0.3) is 0 Å².